The molecule has 1 aliphatic heterocycles. The number of anilines is 1. The van der Waals surface area contributed by atoms with Gasteiger partial charge in [0.2, 0.25) is 0 Å². The summed E-state index contributed by atoms with van der Waals surface area (Å²) in [6, 6.07) is 5.99. The monoisotopic (exact) mass is 260 g/mol. The van der Waals surface area contributed by atoms with Crippen LogP contribution in [0.5, 0.6) is 0 Å². The van der Waals surface area contributed by atoms with Gasteiger partial charge in [0.15, 0.2) is 5.82 Å². The number of aliphatic hydroxyl groups is 1. The molecule has 5 nitrogen and oxygen atoms in total. The number of fused-ring (bicyclic) bond motifs is 1. The van der Waals surface area contributed by atoms with E-state index < -0.39 is 0 Å². The highest BCUT2D eigenvalue weighted by atomic mass is 16.3. The highest BCUT2D eigenvalue weighted by Crippen LogP contribution is 2.28. The van der Waals surface area contributed by atoms with Gasteiger partial charge in [-0.15, -0.1) is 0 Å². The summed E-state index contributed by atoms with van der Waals surface area (Å²) in [6.45, 7) is 2.73. The number of nitrogens with zero attached hydrogens (tertiary/aromatic N) is 3. The summed E-state index contributed by atoms with van der Waals surface area (Å²) in [6.07, 6.45) is 4.01. The van der Waals surface area contributed by atoms with Crippen molar-refractivity contribution in [3.8, 4) is 0 Å². The van der Waals surface area contributed by atoms with Crippen molar-refractivity contribution >= 4 is 11.5 Å². The predicted molar refractivity (Wildman–Crippen MR) is 75.1 cm³/mol. The van der Waals surface area contributed by atoms with Gasteiger partial charge in [0, 0.05) is 32.4 Å². The molecule has 5 heteroatoms. The molecule has 19 heavy (non-hydrogen) atoms. The first-order chi connectivity index (χ1) is 9.33. The van der Waals surface area contributed by atoms with Gasteiger partial charge in [-0.2, -0.15) is 0 Å². The van der Waals surface area contributed by atoms with Crippen molar-refractivity contribution in [2.24, 2.45) is 11.7 Å². The first-order valence-corrected chi connectivity index (χ1v) is 6.85. The molecule has 0 bridgehead atoms. The van der Waals surface area contributed by atoms with E-state index in [-0.39, 0.29) is 6.61 Å². The van der Waals surface area contributed by atoms with Crippen LogP contribution in [0, 0.1) is 5.92 Å². The molecule has 1 unspecified atom stereocenters. The lowest BCUT2D eigenvalue weighted by Gasteiger charge is -2.17. The number of hydrogen-bond acceptors (Lipinski definition) is 4. The molecule has 0 saturated carbocycles. The molecule has 0 aromatic carbocycles. The average molecular weight is 260 g/mol. The van der Waals surface area contributed by atoms with Gasteiger partial charge in [-0.25, -0.2) is 4.98 Å². The molecule has 2 aromatic heterocycles. The van der Waals surface area contributed by atoms with Crippen molar-refractivity contribution in [2.75, 3.05) is 24.6 Å². The summed E-state index contributed by atoms with van der Waals surface area (Å²) >= 11 is 0. The van der Waals surface area contributed by atoms with E-state index in [1.54, 1.807) is 0 Å². The molecular weight excluding hydrogens is 240 g/mol. The molecule has 1 fully saturated rings. The highest BCUT2D eigenvalue weighted by molar-refractivity contribution is 5.56. The van der Waals surface area contributed by atoms with Gasteiger partial charge in [0.1, 0.15) is 5.65 Å². The van der Waals surface area contributed by atoms with E-state index in [9.17, 15) is 0 Å². The molecule has 1 aliphatic rings. The molecule has 1 saturated heterocycles. The summed E-state index contributed by atoms with van der Waals surface area (Å²) < 4.78 is 2.06. The third-order valence-corrected chi connectivity index (χ3v) is 3.92. The zero-order valence-corrected chi connectivity index (χ0v) is 11.0. The standard InChI is InChI=1S/C14H20N4O/c15-9-12-14(16-13-3-1-2-6-18(12)13)17-7-4-11(10-17)5-8-19/h1-3,6,11,19H,4-5,7-10,15H2. The lowest BCUT2D eigenvalue weighted by Crippen LogP contribution is -2.22. The Balaban J connectivity index is 1.92. The van der Waals surface area contributed by atoms with Gasteiger partial charge in [-0.3, -0.25) is 0 Å². The summed E-state index contributed by atoms with van der Waals surface area (Å²) in [5.41, 5.74) is 7.91. The molecule has 102 valence electrons. The zero-order valence-electron chi connectivity index (χ0n) is 11.0. The molecule has 1 atom stereocenters. The van der Waals surface area contributed by atoms with Gasteiger partial charge >= 0.3 is 0 Å². The SMILES string of the molecule is NCc1c(N2CCC(CCO)C2)nc2ccccn12. The molecule has 0 spiro atoms. The Bertz CT molecular complexity index is 566. The number of nitrogens with two attached hydrogens (primary N) is 1. The van der Waals surface area contributed by atoms with Crippen LogP contribution in [-0.4, -0.2) is 34.2 Å². The van der Waals surface area contributed by atoms with E-state index in [2.05, 4.69) is 9.30 Å². The van der Waals surface area contributed by atoms with Crippen LogP contribution in [0.3, 0.4) is 0 Å². The van der Waals surface area contributed by atoms with Crippen molar-refractivity contribution < 1.29 is 5.11 Å². The fraction of sp³-hybridized carbons (Fsp3) is 0.500. The Morgan fingerprint density at radius 2 is 2.32 bits per heavy atom. The van der Waals surface area contributed by atoms with Crippen LogP contribution in [0.4, 0.5) is 5.82 Å². The van der Waals surface area contributed by atoms with E-state index in [0.29, 0.717) is 12.5 Å². The largest absolute Gasteiger partial charge is 0.396 e. The maximum Gasteiger partial charge on any atom is 0.152 e. The summed E-state index contributed by atoms with van der Waals surface area (Å²) in [5.74, 6) is 1.58. The number of rotatable bonds is 4. The van der Waals surface area contributed by atoms with E-state index in [4.69, 9.17) is 15.8 Å². The Morgan fingerprint density at radius 1 is 1.42 bits per heavy atom. The molecule has 0 amide bonds. The van der Waals surface area contributed by atoms with Crippen molar-refractivity contribution in [1.82, 2.24) is 9.38 Å². The number of pyridine rings is 1. The van der Waals surface area contributed by atoms with Gasteiger partial charge in [0.05, 0.1) is 5.69 Å². The highest BCUT2D eigenvalue weighted by Gasteiger charge is 2.26. The third kappa shape index (κ3) is 2.19. The average Bonchev–Trinajstić information content (AvgIpc) is 3.02. The first kappa shape index (κ1) is 12.4. The Hall–Kier alpha value is -1.59. The lowest BCUT2D eigenvalue weighted by molar-refractivity contribution is 0.263. The van der Waals surface area contributed by atoms with Crippen LogP contribution >= 0.6 is 0 Å². The second-order valence-electron chi connectivity index (χ2n) is 5.13. The quantitative estimate of drug-likeness (QED) is 0.860. The molecular formula is C14H20N4O. The first-order valence-electron chi connectivity index (χ1n) is 6.85. The maximum absolute atomic E-state index is 9.04. The molecule has 2 aromatic rings. The van der Waals surface area contributed by atoms with Crippen molar-refractivity contribution in [2.45, 2.75) is 19.4 Å². The fourth-order valence-corrected chi connectivity index (χ4v) is 2.92. The topological polar surface area (TPSA) is 66.8 Å². The summed E-state index contributed by atoms with van der Waals surface area (Å²) in [4.78, 5) is 7.01. The third-order valence-electron chi connectivity index (χ3n) is 3.92. The second-order valence-corrected chi connectivity index (χ2v) is 5.13. The maximum atomic E-state index is 9.04. The van der Waals surface area contributed by atoms with E-state index >= 15 is 0 Å². The van der Waals surface area contributed by atoms with Crippen molar-refractivity contribution in [3.63, 3.8) is 0 Å². The van der Waals surface area contributed by atoms with Crippen LogP contribution in [-0.2, 0) is 6.54 Å². The minimum absolute atomic E-state index is 0.271. The lowest BCUT2D eigenvalue weighted by atomic mass is 10.1. The minimum atomic E-state index is 0.271. The number of aromatic nitrogens is 2. The second kappa shape index (κ2) is 5.19. The van der Waals surface area contributed by atoms with Crippen LogP contribution in [0.1, 0.15) is 18.5 Å². The van der Waals surface area contributed by atoms with E-state index in [0.717, 1.165) is 43.1 Å². The van der Waals surface area contributed by atoms with E-state index in [1.807, 2.05) is 24.4 Å². The fourth-order valence-electron chi connectivity index (χ4n) is 2.92. The van der Waals surface area contributed by atoms with Crippen molar-refractivity contribution in [1.29, 1.82) is 0 Å². The molecule has 3 rings (SSSR count). The molecule has 3 N–H and O–H groups in total. The number of imidazole rings is 1. The van der Waals surface area contributed by atoms with Gasteiger partial charge in [-0.1, -0.05) is 6.07 Å². The smallest absolute Gasteiger partial charge is 0.152 e. The molecule has 3 heterocycles. The predicted octanol–water partition coefficient (Wildman–Crippen LogP) is 1.00. The Labute approximate surface area is 112 Å². The van der Waals surface area contributed by atoms with E-state index in [1.165, 1.54) is 0 Å². The van der Waals surface area contributed by atoms with Gasteiger partial charge < -0.3 is 20.1 Å². The Morgan fingerprint density at radius 3 is 3.11 bits per heavy atom. The van der Waals surface area contributed by atoms with Crippen LogP contribution in [0.2, 0.25) is 0 Å². The number of hydrogen-bond donors (Lipinski definition) is 2. The van der Waals surface area contributed by atoms with Crippen LogP contribution in [0.15, 0.2) is 24.4 Å². The molecule has 0 radical (unpaired) electrons. The minimum Gasteiger partial charge on any atom is -0.396 e. The summed E-state index contributed by atoms with van der Waals surface area (Å²) in [7, 11) is 0. The van der Waals surface area contributed by atoms with Gasteiger partial charge in [0.25, 0.3) is 0 Å². The van der Waals surface area contributed by atoms with Crippen LogP contribution in [0.25, 0.3) is 5.65 Å². The summed E-state index contributed by atoms with van der Waals surface area (Å²) in [5, 5.41) is 9.04. The number of aliphatic hydroxyl groups excluding tert-OH is 1. The zero-order chi connectivity index (χ0) is 13.2. The van der Waals surface area contributed by atoms with Crippen LogP contribution < -0.4 is 10.6 Å². The normalized spacial score (nSPS) is 19.5. The van der Waals surface area contributed by atoms with Gasteiger partial charge in [-0.05, 0) is 30.9 Å². The Kier molecular flexibility index (Phi) is 3.40. The molecule has 0 aliphatic carbocycles. The van der Waals surface area contributed by atoms with Crippen molar-refractivity contribution in [3.05, 3.63) is 30.1 Å².